The fraction of sp³-hybridized carbons (Fsp3) is 0.840. The van der Waals surface area contributed by atoms with Gasteiger partial charge in [-0.05, 0) is 68.6 Å². The quantitative estimate of drug-likeness (QED) is 0.358. The van der Waals surface area contributed by atoms with Gasteiger partial charge in [-0.3, -0.25) is 8.42 Å². The maximum atomic E-state index is 12.8. The van der Waals surface area contributed by atoms with Gasteiger partial charge in [-0.15, -0.1) is 0 Å². The third-order valence-corrected chi connectivity index (χ3v) is 10.6. The van der Waals surface area contributed by atoms with Gasteiger partial charge in [0.1, 0.15) is 0 Å². The summed E-state index contributed by atoms with van der Waals surface area (Å²) in [6.45, 7) is 8.69. The highest BCUT2D eigenvalue weighted by Gasteiger charge is 2.28. The zero-order chi connectivity index (χ0) is 23.1. The molecule has 6 heteroatoms. The molecule has 0 aliphatic carbocycles. The summed E-state index contributed by atoms with van der Waals surface area (Å²) in [4.78, 5) is 2.16. The van der Waals surface area contributed by atoms with Crippen LogP contribution in [0.2, 0.25) is 0 Å². The summed E-state index contributed by atoms with van der Waals surface area (Å²) in [5.74, 6) is 0. The van der Waals surface area contributed by atoms with Crippen LogP contribution in [-0.2, 0) is 21.6 Å². The fourth-order valence-electron chi connectivity index (χ4n) is 4.36. The Hall–Kier alpha value is -0.300. The van der Waals surface area contributed by atoms with Gasteiger partial charge in [0, 0.05) is 33.5 Å². The predicted molar refractivity (Wildman–Crippen MR) is 133 cm³/mol. The van der Waals surface area contributed by atoms with Crippen LogP contribution in [0.5, 0.6) is 0 Å². The zero-order valence-electron chi connectivity index (χ0n) is 20.0. The molecule has 2 rings (SSSR count). The zero-order valence-corrected chi connectivity index (χ0v) is 21.7. The monoisotopic (exact) mass is 472 g/mol. The molecule has 2 aliphatic heterocycles. The summed E-state index contributed by atoms with van der Waals surface area (Å²) >= 11 is 0. The summed E-state index contributed by atoms with van der Waals surface area (Å²) in [6, 6.07) is 0. The second kappa shape index (κ2) is 12.2. The molecule has 0 aromatic rings. The average molecular weight is 473 g/mol. The van der Waals surface area contributed by atoms with Crippen LogP contribution in [0.4, 0.5) is 0 Å². The molecule has 0 fully saturated rings. The van der Waals surface area contributed by atoms with Crippen LogP contribution in [-0.4, -0.2) is 42.3 Å². The molecule has 4 atom stereocenters. The van der Waals surface area contributed by atoms with Crippen LogP contribution >= 0.6 is 0 Å². The number of hydrogen-bond donors (Lipinski definition) is 2. The largest absolute Gasteiger partial charge is 0.396 e. The molecule has 4 unspecified atom stereocenters. The maximum Gasteiger partial charge on any atom is 0.0519 e. The van der Waals surface area contributed by atoms with E-state index in [1.54, 1.807) is 0 Å². The summed E-state index contributed by atoms with van der Waals surface area (Å²) in [6.07, 6.45) is 14.6. The summed E-state index contributed by atoms with van der Waals surface area (Å²) < 4.78 is 25.6. The highest BCUT2D eigenvalue weighted by Crippen LogP contribution is 2.34. The van der Waals surface area contributed by atoms with E-state index in [1.165, 1.54) is 0 Å². The lowest BCUT2D eigenvalue weighted by atomic mass is 9.88. The van der Waals surface area contributed by atoms with E-state index in [2.05, 4.69) is 39.8 Å². The fourth-order valence-corrected chi connectivity index (χ4v) is 7.73. The smallest absolute Gasteiger partial charge is 0.0519 e. The highest BCUT2D eigenvalue weighted by atomic mass is 32.2. The van der Waals surface area contributed by atoms with E-state index in [1.807, 2.05) is 0 Å². The Morgan fingerprint density at radius 1 is 0.774 bits per heavy atom. The Morgan fingerprint density at radius 2 is 1.16 bits per heavy atom. The molecule has 31 heavy (non-hydrogen) atoms. The van der Waals surface area contributed by atoms with Gasteiger partial charge < -0.3 is 10.2 Å². The molecule has 2 N–H and O–H groups in total. The molecule has 0 aromatic carbocycles. The molecule has 0 saturated heterocycles. The van der Waals surface area contributed by atoms with Gasteiger partial charge >= 0.3 is 0 Å². The Kier molecular flexibility index (Phi) is 10.6. The van der Waals surface area contributed by atoms with E-state index in [0.717, 1.165) is 80.4 Å². The van der Waals surface area contributed by atoms with Crippen molar-refractivity contribution in [3.8, 4) is 0 Å². The molecular formula is C25H44O4S2. The molecule has 0 radical (unpaired) electrons. The number of hydrogen-bond acceptors (Lipinski definition) is 4. The normalized spacial score (nSPS) is 26.9. The SMILES string of the molecule is CC(C)(CO)CCCC1CC=C(CCCC2=CCC(CCCC(C)(C)CO)S2=O)S1=O. The van der Waals surface area contributed by atoms with Gasteiger partial charge in [-0.2, -0.15) is 0 Å². The lowest BCUT2D eigenvalue weighted by molar-refractivity contribution is 0.147. The molecular weight excluding hydrogens is 428 g/mol. The van der Waals surface area contributed by atoms with Gasteiger partial charge in [0.15, 0.2) is 0 Å². The van der Waals surface area contributed by atoms with Crippen LogP contribution < -0.4 is 0 Å². The molecule has 2 aliphatic rings. The van der Waals surface area contributed by atoms with Crippen molar-refractivity contribution < 1.29 is 18.6 Å². The minimum Gasteiger partial charge on any atom is -0.396 e. The molecule has 2 heterocycles. The van der Waals surface area contributed by atoms with E-state index in [0.29, 0.717) is 0 Å². The number of aliphatic hydroxyl groups excluding tert-OH is 2. The van der Waals surface area contributed by atoms with Crippen LogP contribution in [0.1, 0.15) is 98.3 Å². The number of allylic oxidation sites excluding steroid dienone is 4. The first-order valence-corrected chi connectivity index (χ1v) is 14.4. The molecule has 0 spiro atoms. The van der Waals surface area contributed by atoms with Crippen molar-refractivity contribution in [3.63, 3.8) is 0 Å². The van der Waals surface area contributed by atoms with E-state index < -0.39 is 21.6 Å². The third-order valence-electron chi connectivity index (χ3n) is 6.80. The van der Waals surface area contributed by atoms with E-state index in [-0.39, 0.29) is 34.5 Å². The van der Waals surface area contributed by atoms with Crippen molar-refractivity contribution in [1.82, 2.24) is 0 Å². The van der Waals surface area contributed by atoms with E-state index in [9.17, 15) is 18.6 Å². The molecule has 0 amide bonds. The van der Waals surface area contributed by atoms with Crippen molar-refractivity contribution >= 4 is 21.6 Å². The summed E-state index contributed by atoms with van der Waals surface area (Å²) in [5, 5.41) is 19.2. The van der Waals surface area contributed by atoms with Crippen molar-refractivity contribution in [2.24, 2.45) is 10.8 Å². The lowest BCUT2D eigenvalue weighted by Crippen LogP contribution is -2.18. The topological polar surface area (TPSA) is 74.6 Å². The average Bonchev–Trinajstić information content (AvgIpc) is 3.25. The minimum atomic E-state index is -0.878. The second-order valence-electron chi connectivity index (χ2n) is 10.9. The molecule has 0 aromatic heterocycles. The first-order chi connectivity index (χ1) is 14.6. The van der Waals surface area contributed by atoms with Crippen LogP contribution in [0.15, 0.2) is 22.0 Å². The Balaban J connectivity index is 1.66. The van der Waals surface area contributed by atoms with Crippen LogP contribution in [0.3, 0.4) is 0 Å². The van der Waals surface area contributed by atoms with Gasteiger partial charge in [-0.25, -0.2) is 0 Å². The maximum absolute atomic E-state index is 12.8. The number of rotatable bonds is 14. The van der Waals surface area contributed by atoms with Crippen molar-refractivity contribution in [2.45, 2.75) is 109 Å². The van der Waals surface area contributed by atoms with Crippen LogP contribution in [0, 0.1) is 10.8 Å². The van der Waals surface area contributed by atoms with Crippen molar-refractivity contribution in [2.75, 3.05) is 13.2 Å². The van der Waals surface area contributed by atoms with E-state index >= 15 is 0 Å². The Bertz CT molecular complexity index is 636. The standard InChI is InChI=1S/C25H44O4S2/c1-24(2,18-26)16-6-10-22-14-12-20(30(22)28)8-5-9-21-13-15-23(31(21)29)11-7-17-25(3,4)19-27/h12-13,22-23,26-27H,5-11,14-19H2,1-4H3. The Labute approximate surface area is 194 Å². The summed E-state index contributed by atoms with van der Waals surface area (Å²) in [5.41, 5.74) is -0.0954. The van der Waals surface area contributed by atoms with Gasteiger partial charge in [0.25, 0.3) is 0 Å². The molecule has 4 nitrogen and oxygen atoms in total. The highest BCUT2D eigenvalue weighted by molar-refractivity contribution is 7.90. The number of aliphatic hydroxyl groups is 2. The third kappa shape index (κ3) is 8.53. The molecule has 0 bridgehead atoms. The summed E-state index contributed by atoms with van der Waals surface area (Å²) in [7, 11) is -1.76. The van der Waals surface area contributed by atoms with E-state index in [4.69, 9.17) is 0 Å². The van der Waals surface area contributed by atoms with Gasteiger partial charge in [-0.1, -0.05) is 52.7 Å². The lowest BCUT2D eigenvalue weighted by Gasteiger charge is -2.22. The molecule has 180 valence electrons. The molecule has 0 saturated carbocycles. The van der Waals surface area contributed by atoms with Gasteiger partial charge in [0.05, 0.1) is 21.6 Å². The first kappa shape index (κ1) is 26.9. The minimum absolute atomic E-state index is 0.0477. The van der Waals surface area contributed by atoms with Crippen molar-refractivity contribution in [1.29, 1.82) is 0 Å². The van der Waals surface area contributed by atoms with Crippen molar-refractivity contribution in [3.05, 3.63) is 22.0 Å². The predicted octanol–water partition coefficient (Wildman–Crippen LogP) is 5.34. The first-order valence-electron chi connectivity index (χ1n) is 12.0. The second-order valence-corrected chi connectivity index (χ2v) is 14.5. The van der Waals surface area contributed by atoms with Crippen LogP contribution in [0.25, 0.3) is 0 Å². The Morgan fingerprint density at radius 3 is 1.52 bits per heavy atom. The van der Waals surface area contributed by atoms with Gasteiger partial charge in [0.2, 0.25) is 0 Å².